The fourth-order valence-corrected chi connectivity index (χ4v) is 2.80. The van der Waals surface area contributed by atoms with Gasteiger partial charge in [-0.15, -0.1) is 0 Å². The number of amides is 4. The molecule has 1 N–H and O–H groups in total. The van der Waals surface area contributed by atoms with Gasteiger partial charge in [0, 0.05) is 12.6 Å². The number of carbonyl (C=O) groups excluding carboxylic acids is 3. The predicted molar refractivity (Wildman–Crippen MR) is 60.5 cm³/mol. The first-order valence-electron chi connectivity index (χ1n) is 6.35. The van der Waals surface area contributed by atoms with Crippen LogP contribution in [0.25, 0.3) is 0 Å². The molecule has 1 spiro atoms. The molecule has 0 aromatic heterocycles. The maximum Gasteiger partial charge on any atom is 0.331 e. The number of carbonyl (C=O) groups is 3. The topological polar surface area (TPSA) is 75.7 Å². The average molecular weight is 252 g/mol. The standard InChI is InChI=1S/C12H16N2O4/c1-7-6-8(2-5-18-7)14-10(16)12(3-4-12)9(15)13-11(14)17/h7-8H,2-6H2,1H3,(H,13,15,17). The van der Waals surface area contributed by atoms with E-state index in [9.17, 15) is 14.4 Å². The Labute approximate surface area is 105 Å². The van der Waals surface area contributed by atoms with Gasteiger partial charge in [0.25, 0.3) is 0 Å². The Morgan fingerprint density at radius 1 is 1.33 bits per heavy atom. The molecule has 0 aromatic rings. The molecule has 1 saturated carbocycles. The number of imide groups is 2. The summed E-state index contributed by atoms with van der Waals surface area (Å²) in [6, 6.07) is -0.714. The number of urea groups is 1. The summed E-state index contributed by atoms with van der Waals surface area (Å²) in [4.78, 5) is 37.2. The zero-order valence-electron chi connectivity index (χ0n) is 10.3. The monoisotopic (exact) mass is 252 g/mol. The normalized spacial score (nSPS) is 34.7. The molecule has 6 nitrogen and oxygen atoms in total. The third kappa shape index (κ3) is 1.55. The largest absolute Gasteiger partial charge is 0.378 e. The number of ether oxygens (including phenoxy) is 1. The lowest BCUT2D eigenvalue weighted by Crippen LogP contribution is -2.63. The van der Waals surface area contributed by atoms with Crippen molar-refractivity contribution in [2.45, 2.75) is 44.8 Å². The van der Waals surface area contributed by atoms with Gasteiger partial charge < -0.3 is 4.74 Å². The van der Waals surface area contributed by atoms with Crippen LogP contribution in [0.1, 0.15) is 32.6 Å². The van der Waals surface area contributed by atoms with Crippen molar-refractivity contribution in [2.24, 2.45) is 5.41 Å². The zero-order valence-corrected chi connectivity index (χ0v) is 10.3. The molecule has 2 heterocycles. The highest BCUT2D eigenvalue weighted by molar-refractivity contribution is 6.21. The van der Waals surface area contributed by atoms with Crippen molar-refractivity contribution in [3.8, 4) is 0 Å². The summed E-state index contributed by atoms with van der Waals surface area (Å²) in [5, 5.41) is 2.31. The van der Waals surface area contributed by atoms with E-state index < -0.39 is 17.4 Å². The minimum Gasteiger partial charge on any atom is -0.378 e. The lowest BCUT2D eigenvalue weighted by Gasteiger charge is -2.39. The third-order valence-electron chi connectivity index (χ3n) is 4.07. The summed E-state index contributed by atoms with van der Waals surface area (Å²) in [5.74, 6) is -0.732. The van der Waals surface area contributed by atoms with Crippen molar-refractivity contribution in [1.82, 2.24) is 10.2 Å². The minimum absolute atomic E-state index is 0.0390. The molecule has 0 bridgehead atoms. The SMILES string of the molecule is CC1CC(N2C(=O)NC(=O)C3(CC3)C2=O)CCO1. The molecule has 3 aliphatic rings. The molecular weight excluding hydrogens is 236 g/mol. The maximum absolute atomic E-state index is 12.3. The predicted octanol–water partition coefficient (Wildman–Crippen LogP) is 0.412. The highest BCUT2D eigenvalue weighted by Gasteiger charge is 2.63. The Morgan fingerprint density at radius 2 is 2.06 bits per heavy atom. The van der Waals surface area contributed by atoms with Gasteiger partial charge in [-0.05, 0) is 32.6 Å². The van der Waals surface area contributed by atoms with Gasteiger partial charge >= 0.3 is 6.03 Å². The Kier molecular flexibility index (Phi) is 2.45. The molecule has 0 aromatic carbocycles. The second-order valence-corrected chi connectivity index (χ2v) is 5.38. The highest BCUT2D eigenvalue weighted by Crippen LogP contribution is 2.49. The van der Waals surface area contributed by atoms with Crippen LogP contribution in [-0.2, 0) is 14.3 Å². The van der Waals surface area contributed by atoms with E-state index in [4.69, 9.17) is 4.74 Å². The number of rotatable bonds is 1. The van der Waals surface area contributed by atoms with E-state index in [1.807, 2.05) is 6.92 Å². The van der Waals surface area contributed by atoms with Crippen molar-refractivity contribution in [2.75, 3.05) is 6.61 Å². The van der Waals surface area contributed by atoms with Gasteiger partial charge in [-0.25, -0.2) is 4.79 Å². The number of nitrogens with one attached hydrogen (secondary N) is 1. The zero-order chi connectivity index (χ0) is 12.9. The number of hydrogen-bond acceptors (Lipinski definition) is 4. The molecule has 3 fully saturated rings. The van der Waals surface area contributed by atoms with E-state index >= 15 is 0 Å². The third-order valence-corrected chi connectivity index (χ3v) is 4.07. The van der Waals surface area contributed by atoms with Crippen molar-refractivity contribution >= 4 is 17.8 Å². The number of barbiturate groups is 1. The summed E-state index contributed by atoms with van der Waals surface area (Å²) in [6.07, 6.45) is 2.44. The van der Waals surface area contributed by atoms with Gasteiger partial charge in [0.1, 0.15) is 5.41 Å². The molecule has 2 unspecified atom stereocenters. The second-order valence-electron chi connectivity index (χ2n) is 5.38. The lowest BCUT2D eigenvalue weighted by atomic mass is 9.96. The van der Waals surface area contributed by atoms with E-state index in [1.165, 1.54) is 4.90 Å². The first-order valence-corrected chi connectivity index (χ1v) is 6.35. The fourth-order valence-electron chi connectivity index (χ4n) is 2.80. The van der Waals surface area contributed by atoms with Crippen molar-refractivity contribution in [3.63, 3.8) is 0 Å². The summed E-state index contributed by atoms with van der Waals surface area (Å²) in [6.45, 7) is 2.47. The quantitative estimate of drug-likeness (QED) is 0.686. The van der Waals surface area contributed by atoms with Crippen LogP contribution in [0.5, 0.6) is 0 Å². The molecule has 4 amide bonds. The molecular formula is C12H16N2O4. The molecule has 2 aliphatic heterocycles. The molecule has 3 rings (SSSR count). The Hall–Kier alpha value is -1.43. The van der Waals surface area contributed by atoms with Crippen LogP contribution in [0.3, 0.4) is 0 Å². The summed E-state index contributed by atoms with van der Waals surface area (Å²) in [7, 11) is 0. The minimum atomic E-state index is -0.935. The van der Waals surface area contributed by atoms with Gasteiger partial charge in [0.05, 0.1) is 6.10 Å². The summed E-state index contributed by atoms with van der Waals surface area (Å²) >= 11 is 0. The van der Waals surface area contributed by atoms with Crippen LogP contribution in [0.4, 0.5) is 4.79 Å². The highest BCUT2D eigenvalue weighted by atomic mass is 16.5. The molecule has 0 radical (unpaired) electrons. The molecule has 6 heteroatoms. The molecule has 2 saturated heterocycles. The van der Waals surface area contributed by atoms with Gasteiger partial charge in [-0.1, -0.05) is 0 Å². The second kappa shape index (κ2) is 3.78. The van der Waals surface area contributed by atoms with Gasteiger partial charge in [-0.3, -0.25) is 19.8 Å². The first-order chi connectivity index (χ1) is 8.54. The molecule has 2 atom stereocenters. The smallest absolute Gasteiger partial charge is 0.331 e. The van der Waals surface area contributed by atoms with Crippen molar-refractivity contribution in [1.29, 1.82) is 0 Å². The van der Waals surface area contributed by atoms with Crippen LogP contribution in [0.15, 0.2) is 0 Å². The maximum atomic E-state index is 12.3. The van der Waals surface area contributed by atoms with E-state index in [1.54, 1.807) is 0 Å². The van der Waals surface area contributed by atoms with E-state index in [2.05, 4.69) is 5.32 Å². The van der Waals surface area contributed by atoms with Crippen LogP contribution >= 0.6 is 0 Å². The molecule has 18 heavy (non-hydrogen) atoms. The number of nitrogens with zero attached hydrogens (tertiary/aromatic N) is 1. The van der Waals surface area contributed by atoms with Gasteiger partial charge in [-0.2, -0.15) is 0 Å². The van der Waals surface area contributed by atoms with E-state index in [-0.39, 0.29) is 18.1 Å². The fraction of sp³-hybridized carbons (Fsp3) is 0.750. The lowest BCUT2D eigenvalue weighted by molar-refractivity contribution is -0.147. The Balaban J connectivity index is 1.84. The van der Waals surface area contributed by atoms with Crippen LogP contribution in [0.2, 0.25) is 0 Å². The van der Waals surface area contributed by atoms with Gasteiger partial charge in [0.15, 0.2) is 0 Å². The van der Waals surface area contributed by atoms with Crippen molar-refractivity contribution < 1.29 is 19.1 Å². The van der Waals surface area contributed by atoms with Crippen LogP contribution < -0.4 is 5.32 Å². The van der Waals surface area contributed by atoms with Crippen LogP contribution in [0, 0.1) is 5.41 Å². The van der Waals surface area contributed by atoms with E-state index in [0.29, 0.717) is 32.3 Å². The number of hydrogen-bond donors (Lipinski definition) is 1. The van der Waals surface area contributed by atoms with Crippen LogP contribution in [-0.4, -0.2) is 41.5 Å². The Morgan fingerprint density at radius 3 is 2.67 bits per heavy atom. The molecule has 98 valence electrons. The summed E-state index contributed by atoms with van der Waals surface area (Å²) in [5.41, 5.74) is -0.935. The first kappa shape index (κ1) is 11.6. The average Bonchev–Trinajstić information content (AvgIpc) is 3.08. The summed E-state index contributed by atoms with van der Waals surface area (Å²) < 4.78 is 5.42. The molecule has 1 aliphatic carbocycles. The van der Waals surface area contributed by atoms with E-state index in [0.717, 1.165) is 0 Å². The van der Waals surface area contributed by atoms with Crippen molar-refractivity contribution in [3.05, 3.63) is 0 Å². The van der Waals surface area contributed by atoms with Gasteiger partial charge in [0.2, 0.25) is 11.8 Å². The Bertz CT molecular complexity index is 430.